The smallest absolute Gasteiger partial charge is 0.208 e. The lowest BCUT2D eigenvalue weighted by molar-refractivity contribution is 0.311. The maximum Gasteiger partial charge on any atom is 0.208 e. The standard InChI is InChI=1S/C10H16N6O3S/c1-20(18,19)12-5-4-10-14-13-9-3-2-8(11-6-7-17)15-16(9)10/h2-3,12,17H,4-7H2,1H3,(H,11,15). The summed E-state index contributed by atoms with van der Waals surface area (Å²) in [4.78, 5) is 0. The Morgan fingerprint density at radius 3 is 2.80 bits per heavy atom. The van der Waals surface area contributed by atoms with Crippen molar-refractivity contribution in [1.29, 1.82) is 0 Å². The third kappa shape index (κ3) is 3.85. The highest BCUT2D eigenvalue weighted by Crippen LogP contribution is 2.07. The maximum absolute atomic E-state index is 11.0. The number of hydrogen-bond acceptors (Lipinski definition) is 7. The van der Waals surface area contributed by atoms with Crippen LogP contribution in [0.5, 0.6) is 0 Å². The summed E-state index contributed by atoms with van der Waals surface area (Å²) >= 11 is 0. The van der Waals surface area contributed by atoms with Crippen LogP contribution in [0.4, 0.5) is 5.82 Å². The topological polar surface area (TPSA) is 122 Å². The molecule has 2 rings (SSSR count). The number of rotatable bonds is 7. The van der Waals surface area contributed by atoms with Crippen molar-refractivity contribution >= 4 is 21.5 Å². The Kier molecular flexibility index (Phi) is 4.47. The molecule has 0 unspecified atom stereocenters. The van der Waals surface area contributed by atoms with Crippen LogP contribution in [0.1, 0.15) is 5.82 Å². The highest BCUT2D eigenvalue weighted by molar-refractivity contribution is 7.88. The molecule has 0 saturated heterocycles. The molecule has 0 bridgehead atoms. The molecule has 0 spiro atoms. The molecule has 3 N–H and O–H groups in total. The molecule has 0 aliphatic carbocycles. The van der Waals surface area contributed by atoms with Gasteiger partial charge in [0.05, 0.1) is 12.9 Å². The van der Waals surface area contributed by atoms with Crippen molar-refractivity contribution in [1.82, 2.24) is 24.5 Å². The van der Waals surface area contributed by atoms with Crippen LogP contribution in [-0.2, 0) is 16.4 Å². The van der Waals surface area contributed by atoms with E-state index >= 15 is 0 Å². The second-order valence-electron chi connectivity index (χ2n) is 4.17. The summed E-state index contributed by atoms with van der Waals surface area (Å²) in [5, 5.41) is 23.9. The Morgan fingerprint density at radius 1 is 1.30 bits per heavy atom. The van der Waals surface area contributed by atoms with E-state index in [0.29, 0.717) is 30.3 Å². The Bertz CT molecular complexity index is 683. The number of nitrogens with zero attached hydrogens (tertiary/aromatic N) is 4. The van der Waals surface area contributed by atoms with Crippen molar-refractivity contribution in [3.05, 3.63) is 18.0 Å². The summed E-state index contributed by atoms with van der Waals surface area (Å²) in [5.74, 6) is 1.15. The van der Waals surface area contributed by atoms with Crippen molar-refractivity contribution in [2.24, 2.45) is 0 Å². The molecule has 10 heteroatoms. The SMILES string of the molecule is CS(=O)(=O)NCCc1nnc2ccc(NCCO)nn12. The van der Waals surface area contributed by atoms with Gasteiger partial charge in [-0.1, -0.05) is 0 Å². The normalized spacial score (nSPS) is 11.9. The second kappa shape index (κ2) is 6.11. The Balaban J connectivity index is 2.12. The lowest BCUT2D eigenvalue weighted by Crippen LogP contribution is -2.25. The van der Waals surface area contributed by atoms with Crippen molar-refractivity contribution in [3.63, 3.8) is 0 Å². The van der Waals surface area contributed by atoms with Gasteiger partial charge in [0.25, 0.3) is 0 Å². The fraction of sp³-hybridized carbons (Fsp3) is 0.500. The number of aliphatic hydroxyl groups excluding tert-OH is 1. The number of nitrogens with one attached hydrogen (secondary N) is 2. The Morgan fingerprint density at radius 2 is 2.10 bits per heavy atom. The fourth-order valence-electron chi connectivity index (χ4n) is 1.62. The van der Waals surface area contributed by atoms with Crippen LogP contribution in [0.2, 0.25) is 0 Å². The molecule has 0 saturated carbocycles. The molecule has 0 fully saturated rings. The second-order valence-corrected chi connectivity index (χ2v) is 6.00. The predicted octanol–water partition coefficient (Wildman–Crippen LogP) is -1.38. The van der Waals surface area contributed by atoms with Gasteiger partial charge in [-0.25, -0.2) is 13.1 Å². The van der Waals surface area contributed by atoms with Crippen molar-refractivity contribution in [3.8, 4) is 0 Å². The summed E-state index contributed by atoms with van der Waals surface area (Å²) in [6, 6.07) is 3.48. The molecule has 0 aromatic carbocycles. The molecule has 0 radical (unpaired) electrons. The quantitative estimate of drug-likeness (QED) is 0.576. The lowest BCUT2D eigenvalue weighted by atomic mass is 10.4. The van der Waals surface area contributed by atoms with Gasteiger partial charge in [-0.05, 0) is 12.1 Å². The van der Waals surface area contributed by atoms with Gasteiger partial charge in [0.1, 0.15) is 5.82 Å². The first kappa shape index (κ1) is 14.6. The fourth-order valence-corrected chi connectivity index (χ4v) is 2.09. The predicted molar refractivity (Wildman–Crippen MR) is 72.9 cm³/mol. The van der Waals surface area contributed by atoms with Crippen LogP contribution < -0.4 is 10.0 Å². The summed E-state index contributed by atoms with van der Waals surface area (Å²) < 4.78 is 25.9. The van der Waals surface area contributed by atoms with Crippen LogP contribution in [0.25, 0.3) is 5.65 Å². The first-order chi connectivity index (χ1) is 9.49. The zero-order valence-corrected chi connectivity index (χ0v) is 11.8. The number of sulfonamides is 1. The van der Waals surface area contributed by atoms with E-state index in [1.807, 2.05) is 0 Å². The summed E-state index contributed by atoms with van der Waals surface area (Å²) in [7, 11) is -3.22. The number of aliphatic hydroxyl groups is 1. The number of fused-ring (bicyclic) bond motifs is 1. The van der Waals surface area contributed by atoms with Gasteiger partial charge in [-0.3, -0.25) is 0 Å². The van der Waals surface area contributed by atoms with Gasteiger partial charge in [-0.15, -0.1) is 15.3 Å². The van der Waals surface area contributed by atoms with Crippen LogP contribution in [-0.4, -0.2) is 59.3 Å². The van der Waals surface area contributed by atoms with E-state index < -0.39 is 10.0 Å². The van der Waals surface area contributed by atoms with Crippen molar-refractivity contribution < 1.29 is 13.5 Å². The van der Waals surface area contributed by atoms with Crippen LogP contribution >= 0.6 is 0 Å². The van der Waals surface area contributed by atoms with E-state index in [4.69, 9.17) is 5.11 Å². The van der Waals surface area contributed by atoms with E-state index in [0.717, 1.165) is 6.26 Å². The van der Waals surface area contributed by atoms with E-state index in [1.165, 1.54) is 0 Å². The average molecular weight is 300 g/mol. The van der Waals surface area contributed by atoms with Gasteiger partial charge >= 0.3 is 0 Å². The van der Waals surface area contributed by atoms with E-state index in [2.05, 4.69) is 25.3 Å². The molecule has 0 atom stereocenters. The molecule has 2 aromatic rings. The molecule has 9 nitrogen and oxygen atoms in total. The molecular weight excluding hydrogens is 284 g/mol. The van der Waals surface area contributed by atoms with Crippen molar-refractivity contribution in [2.75, 3.05) is 31.3 Å². The molecule has 20 heavy (non-hydrogen) atoms. The molecule has 2 aromatic heterocycles. The molecule has 0 amide bonds. The summed E-state index contributed by atoms with van der Waals surface area (Å²) in [6.45, 7) is 0.633. The summed E-state index contributed by atoms with van der Waals surface area (Å²) in [6.07, 6.45) is 1.48. The maximum atomic E-state index is 11.0. The Hall–Kier alpha value is -1.78. The number of hydrogen-bond donors (Lipinski definition) is 3. The number of aromatic nitrogens is 4. The molecule has 110 valence electrons. The molecule has 0 aliphatic rings. The molecular formula is C10H16N6O3S. The monoisotopic (exact) mass is 300 g/mol. The van der Waals surface area contributed by atoms with E-state index in [-0.39, 0.29) is 13.2 Å². The minimum Gasteiger partial charge on any atom is -0.395 e. The third-order valence-electron chi connectivity index (χ3n) is 2.46. The van der Waals surface area contributed by atoms with Gasteiger partial charge in [0, 0.05) is 19.5 Å². The van der Waals surface area contributed by atoms with Crippen LogP contribution in [0, 0.1) is 0 Å². The molecule has 2 heterocycles. The zero-order valence-electron chi connectivity index (χ0n) is 10.9. The number of anilines is 1. The van der Waals surface area contributed by atoms with Crippen molar-refractivity contribution in [2.45, 2.75) is 6.42 Å². The minimum atomic E-state index is -3.22. The summed E-state index contributed by atoms with van der Waals surface area (Å²) in [5.41, 5.74) is 0.578. The first-order valence-electron chi connectivity index (χ1n) is 6.00. The third-order valence-corrected chi connectivity index (χ3v) is 3.19. The highest BCUT2D eigenvalue weighted by atomic mass is 32.2. The van der Waals surface area contributed by atoms with Gasteiger partial charge < -0.3 is 10.4 Å². The van der Waals surface area contributed by atoms with Gasteiger partial charge in [-0.2, -0.15) is 4.52 Å². The molecule has 0 aliphatic heterocycles. The Labute approximate surface area is 116 Å². The van der Waals surface area contributed by atoms with Gasteiger partial charge in [0.2, 0.25) is 10.0 Å². The van der Waals surface area contributed by atoms with Crippen LogP contribution in [0.3, 0.4) is 0 Å². The zero-order chi connectivity index (χ0) is 14.6. The highest BCUT2D eigenvalue weighted by Gasteiger charge is 2.08. The average Bonchev–Trinajstić information content (AvgIpc) is 2.78. The first-order valence-corrected chi connectivity index (χ1v) is 7.89. The lowest BCUT2D eigenvalue weighted by Gasteiger charge is -2.04. The van der Waals surface area contributed by atoms with E-state index in [9.17, 15) is 8.42 Å². The largest absolute Gasteiger partial charge is 0.395 e. The van der Waals surface area contributed by atoms with E-state index in [1.54, 1.807) is 16.6 Å². The minimum absolute atomic E-state index is 0.00698. The van der Waals surface area contributed by atoms with Gasteiger partial charge in [0.15, 0.2) is 11.5 Å². The van der Waals surface area contributed by atoms with Crippen LogP contribution in [0.15, 0.2) is 12.1 Å².